The van der Waals surface area contributed by atoms with Crippen molar-refractivity contribution in [1.29, 1.82) is 0 Å². The van der Waals surface area contributed by atoms with Gasteiger partial charge in [0.2, 0.25) is 0 Å². The Bertz CT molecular complexity index is 475. The van der Waals surface area contributed by atoms with Gasteiger partial charge < -0.3 is 14.4 Å². The third-order valence-electron chi connectivity index (χ3n) is 2.43. The quantitative estimate of drug-likeness (QED) is 0.443. The number of ether oxygens (including phenoxy) is 2. The van der Waals surface area contributed by atoms with E-state index in [0.717, 1.165) is 0 Å². The van der Waals surface area contributed by atoms with Gasteiger partial charge in [0.25, 0.3) is 5.69 Å². The van der Waals surface area contributed by atoms with Gasteiger partial charge in [0.05, 0.1) is 24.7 Å². The number of esters is 1. The molecular formula is C12H16N2O5. The molecule has 19 heavy (non-hydrogen) atoms. The van der Waals surface area contributed by atoms with Crippen molar-refractivity contribution in [1.82, 2.24) is 0 Å². The van der Waals surface area contributed by atoms with Crippen molar-refractivity contribution in [2.75, 3.05) is 32.2 Å². The number of hydrogen-bond donors (Lipinski definition) is 0. The second-order valence-corrected chi connectivity index (χ2v) is 3.81. The molecule has 0 aromatic heterocycles. The van der Waals surface area contributed by atoms with Crippen LogP contribution in [0.2, 0.25) is 0 Å². The maximum Gasteiger partial charge on any atom is 0.325 e. The normalized spacial score (nSPS) is 9.84. The Morgan fingerprint density at radius 2 is 2.11 bits per heavy atom. The van der Waals surface area contributed by atoms with Crippen LogP contribution >= 0.6 is 0 Å². The molecule has 0 unspecified atom stereocenters. The largest absolute Gasteiger partial charge is 0.496 e. The number of carbonyl (C=O) groups is 1. The number of nitrogens with zero attached hydrogens (tertiary/aromatic N) is 2. The Labute approximate surface area is 110 Å². The molecule has 0 saturated heterocycles. The van der Waals surface area contributed by atoms with Crippen molar-refractivity contribution in [2.45, 2.75) is 6.92 Å². The van der Waals surface area contributed by atoms with Crippen LogP contribution < -0.4 is 9.64 Å². The van der Waals surface area contributed by atoms with Gasteiger partial charge in [0.1, 0.15) is 12.3 Å². The molecule has 0 bridgehead atoms. The van der Waals surface area contributed by atoms with Crippen molar-refractivity contribution in [2.24, 2.45) is 0 Å². The first kappa shape index (κ1) is 14.7. The van der Waals surface area contributed by atoms with E-state index >= 15 is 0 Å². The number of nitro groups is 1. The molecule has 1 aromatic rings. The van der Waals surface area contributed by atoms with Crippen molar-refractivity contribution in [3.05, 3.63) is 28.3 Å². The van der Waals surface area contributed by atoms with Crippen LogP contribution in [0.25, 0.3) is 0 Å². The van der Waals surface area contributed by atoms with Gasteiger partial charge in [-0.2, -0.15) is 0 Å². The predicted molar refractivity (Wildman–Crippen MR) is 69.6 cm³/mol. The number of anilines is 1. The first-order valence-corrected chi connectivity index (χ1v) is 5.68. The van der Waals surface area contributed by atoms with E-state index in [1.54, 1.807) is 24.9 Å². The number of rotatable bonds is 6. The minimum Gasteiger partial charge on any atom is -0.496 e. The number of likely N-dealkylation sites (N-methyl/N-ethyl adjacent to an activating group) is 1. The number of carbonyl (C=O) groups excluding carboxylic acids is 1. The predicted octanol–water partition coefficient (Wildman–Crippen LogP) is 1.60. The van der Waals surface area contributed by atoms with E-state index in [-0.39, 0.29) is 12.2 Å². The summed E-state index contributed by atoms with van der Waals surface area (Å²) in [4.78, 5) is 23.2. The molecular weight excluding hydrogens is 252 g/mol. The third kappa shape index (κ3) is 4.13. The van der Waals surface area contributed by atoms with Gasteiger partial charge in [0, 0.05) is 24.9 Å². The summed E-state index contributed by atoms with van der Waals surface area (Å²) in [6.07, 6.45) is 0. The highest BCUT2D eigenvalue weighted by molar-refractivity contribution is 5.76. The summed E-state index contributed by atoms with van der Waals surface area (Å²) >= 11 is 0. The Morgan fingerprint density at radius 1 is 1.42 bits per heavy atom. The summed E-state index contributed by atoms with van der Waals surface area (Å²) in [5, 5.41) is 10.8. The van der Waals surface area contributed by atoms with Crippen LogP contribution in [-0.4, -0.2) is 38.2 Å². The minimum absolute atomic E-state index is 0.0121. The highest BCUT2D eigenvalue weighted by atomic mass is 16.6. The van der Waals surface area contributed by atoms with E-state index in [9.17, 15) is 14.9 Å². The molecule has 0 amide bonds. The molecule has 1 aromatic carbocycles. The van der Waals surface area contributed by atoms with E-state index in [1.807, 2.05) is 0 Å². The van der Waals surface area contributed by atoms with Crippen LogP contribution in [0.5, 0.6) is 5.75 Å². The van der Waals surface area contributed by atoms with Crippen LogP contribution in [0.3, 0.4) is 0 Å². The first-order valence-electron chi connectivity index (χ1n) is 5.68. The van der Waals surface area contributed by atoms with E-state index < -0.39 is 10.9 Å². The molecule has 0 radical (unpaired) electrons. The summed E-state index contributed by atoms with van der Waals surface area (Å²) in [5.74, 6) is -0.0321. The van der Waals surface area contributed by atoms with Crippen LogP contribution in [0.1, 0.15) is 6.92 Å². The van der Waals surface area contributed by atoms with Crippen LogP contribution in [0.15, 0.2) is 18.2 Å². The molecule has 0 N–H and O–H groups in total. The van der Waals surface area contributed by atoms with E-state index in [4.69, 9.17) is 9.47 Å². The fourth-order valence-electron chi connectivity index (χ4n) is 1.50. The van der Waals surface area contributed by atoms with Crippen molar-refractivity contribution in [3.63, 3.8) is 0 Å². The van der Waals surface area contributed by atoms with Crippen molar-refractivity contribution >= 4 is 17.3 Å². The Balaban J connectivity index is 2.95. The molecule has 0 aliphatic heterocycles. The lowest BCUT2D eigenvalue weighted by Crippen LogP contribution is -2.27. The van der Waals surface area contributed by atoms with Gasteiger partial charge in [0.15, 0.2) is 0 Å². The molecule has 0 saturated carbocycles. The van der Waals surface area contributed by atoms with Gasteiger partial charge >= 0.3 is 5.97 Å². The summed E-state index contributed by atoms with van der Waals surface area (Å²) in [7, 11) is 3.07. The maximum atomic E-state index is 11.4. The molecule has 0 heterocycles. The zero-order chi connectivity index (χ0) is 14.4. The SMILES string of the molecule is CCOC(=O)CN(C)c1cc(OC)cc([N+](=O)[O-])c1. The van der Waals surface area contributed by atoms with Gasteiger partial charge in [-0.1, -0.05) is 0 Å². The number of nitro benzene ring substituents is 1. The fourth-order valence-corrected chi connectivity index (χ4v) is 1.50. The van der Waals surface area contributed by atoms with Gasteiger partial charge in [-0.15, -0.1) is 0 Å². The summed E-state index contributed by atoms with van der Waals surface area (Å²) in [6.45, 7) is 2.03. The van der Waals surface area contributed by atoms with Gasteiger partial charge in [-0.3, -0.25) is 14.9 Å². The smallest absolute Gasteiger partial charge is 0.325 e. The Morgan fingerprint density at radius 3 is 2.63 bits per heavy atom. The van der Waals surface area contributed by atoms with E-state index in [2.05, 4.69) is 0 Å². The summed E-state index contributed by atoms with van der Waals surface area (Å²) < 4.78 is 9.82. The lowest BCUT2D eigenvalue weighted by molar-refractivity contribution is -0.384. The molecule has 0 fully saturated rings. The van der Waals surface area contributed by atoms with Crippen LogP contribution in [0, 0.1) is 10.1 Å². The number of hydrogen-bond acceptors (Lipinski definition) is 6. The second kappa shape index (κ2) is 6.58. The standard InChI is InChI=1S/C12H16N2O5/c1-4-19-12(15)8-13(2)9-5-10(14(16)17)7-11(6-9)18-3/h5-7H,4,8H2,1-3H3. The molecule has 0 aliphatic carbocycles. The number of non-ortho nitro benzene ring substituents is 1. The number of benzene rings is 1. The molecule has 0 spiro atoms. The molecule has 0 aliphatic rings. The van der Waals surface area contributed by atoms with Crippen LogP contribution in [-0.2, 0) is 9.53 Å². The molecule has 104 valence electrons. The lowest BCUT2D eigenvalue weighted by Gasteiger charge is -2.18. The lowest BCUT2D eigenvalue weighted by atomic mass is 10.2. The van der Waals surface area contributed by atoms with Gasteiger partial charge in [-0.25, -0.2) is 0 Å². The average molecular weight is 268 g/mol. The Hall–Kier alpha value is -2.31. The zero-order valence-corrected chi connectivity index (χ0v) is 11.1. The van der Waals surface area contributed by atoms with E-state index in [0.29, 0.717) is 18.0 Å². The highest BCUT2D eigenvalue weighted by Crippen LogP contribution is 2.27. The molecule has 7 heteroatoms. The summed E-state index contributed by atoms with van der Waals surface area (Å²) in [6, 6.07) is 4.32. The van der Waals surface area contributed by atoms with E-state index in [1.165, 1.54) is 19.2 Å². The fraction of sp³-hybridized carbons (Fsp3) is 0.417. The van der Waals surface area contributed by atoms with Gasteiger partial charge in [-0.05, 0) is 6.92 Å². The maximum absolute atomic E-state index is 11.4. The average Bonchev–Trinajstić information content (AvgIpc) is 2.38. The van der Waals surface area contributed by atoms with Crippen LogP contribution in [0.4, 0.5) is 11.4 Å². The molecule has 0 atom stereocenters. The molecule has 7 nitrogen and oxygen atoms in total. The number of methoxy groups -OCH3 is 1. The summed E-state index contributed by atoms with van der Waals surface area (Å²) in [5.41, 5.74) is 0.421. The zero-order valence-electron chi connectivity index (χ0n) is 11.1. The van der Waals surface area contributed by atoms with Crippen molar-refractivity contribution in [3.8, 4) is 5.75 Å². The van der Waals surface area contributed by atoms with Crippen molar-refractivity contribution < 1.29 is 19.2 Å². The molecule has 1 rings (SSSR count). The third-order valence-corrected chi connectivity index (χ3v) is 2.43. The second-order valence-electron chi connectivity index (χ2n) is 3.81. The minimum atomic E-state index is -0.510. The Kier molecular flexibility index (Phi) is 5.11. The first-order chi connectivity index (χ1) is 8.97. The monoisotopic (exact) mass is 268 g/mol. The topological polar surface area (TPSA) is 81.9 Å². The highest BCUT2D eigenvalue weighted by Gasteiger charge is 2.14.